The van der Waals surface area contributed by atoms with Crippen molar-refractivity contribution in [1.82, 2.24) is 9.97 Å². The van der Waals surface area contributed by atoms with Gasteiger partial charge in [0, 0.05) is 11.3 Å². The van der Waals surface area contributed by atoms with Crippen LogP contribution in [0, 0.1) is 0 Å². The Kier molecular flexibility index (Phi) is 5.53. The van der Waals surface area contributed by atoms with Gasteiger partial charge in [0.1, 0.15) is 12.0 Å². The molecule has 0 radical (unpaired) electrons. The maximum absolute atomic E-state index is 5.98. The second-order valence-corrected chi connectivity index (χ2v) is 6.12. The van der Waals surface area contributed by atoms with E-state index < -0.39 is 0 Å². The van der Waals surface area contributed by atoms with Gasteiger partial charge in [-0.1, -0.05) is 6.92 Å². The van der Waals surface area contributed by atoms with E-state index in [9.17, 15) is 0 Å². The minimum absolute atomic E-state index is 0.127. The quantitative estimate of drug-likeness (QED) is 0.792. The van der Waals surface area contributed by atoms with Crippen LogP contribution < -0.4 is 15.8 Å². The Bertz CT molecular complexity index is 384. The van der Waals surface area contributed by atoms with Crippen molar-refractivity contribution in [3.8, 4) is 5.88 Å². The monoisotopic (exact) mass is 270 g/mol. The Morgan fingerprint density at radius 1 is 1.44 bits per heavy atom. The third-order valence-electron chi connectivity index (χ3n) is 2.52. The van der Waals surface area contributed by atoms with Gasteiger partial charge < -0.3 is 15.8 Å². The van der Waals surface area contributed by atoms with Gasteiger partial charge in [-0.15, -0.1) is 0 Å². The van der Waals surface area contributed by atoms with E-state index in [0.29, 0.717) is 24.0 Å². The van der Waals surface area contributed by atoms with Crippen LogP contribution in [-0.4, -0.2) is 34.1 Å². The first kappa shape index (κ1) is 14.9. The van der Waals surface area contributed by atoms with Gasteiger partial charge in [-0.2, -0.15) is 16.7 Å². The maximum atomic E-state index is 5.98. The van der Waals surface area contributed by atoms with Crippen molar-refractivity contribution in [2.45, 2.75) is 31.9 Å². The molecule has 6 heteroatoms. The summed E-state index contributed by atoms with van der Waals surface area (Å²) in [6.07, 6.45) is 4.47. The Hall–Kier alpha value is -1.17. The van der Waals surface area contributed by atoms with Crippen molar-refractivity contribution in [2.24, 2.45) is 0 Å². The average molecular weight is 270 g/mol. The van der Waals surface area contributed by atoms with E-state index in [4.69, 9.17) is 10.5 Å². The number of anilines is 2. The van der Waals surface area contributed by atoms with Crippen molar-refractivity contribution in [1.29, 1.82) is 0 Å². The fourth-order valence-corrected chi connectivity index (χ4v) is 1.42. The van der Waals surface area contributed by atoms with Gasteiger partial charge in [0.2, 0.25) is 5.88 Å². The zero-order valence-electron chi connectivity index (χ0n) is 11.5. The zero-order chi connectivity index (χ0) is 13.6. The lowest BCUT2D eigenvalue weighted by Gasteiger charge is -2.23. The molecule has 0 saturated heterocycles. The predicted molar refractivity (Wildman–Crippen MR) is 78.3 cm³/mol. The summed E-state index contributed by atoms with van der Waals surface area (Å²) in [5.74, 6) is 1.09. The molecular formula is C12H22N4OS. The second-order valence-electron chi connectivity index (χ2n) is 4.61. The first-order valence-electron chi connectivity index (χ1n) is 6.02. The number of rotatable bonds is 7. The highest BCUT2D eigenvalue weighted by Crippen LogP contribution is 2.27. The number of nitrogens with one attached hydrogen (secondary N) is 1. The minimum atomic E-state index is 0.127. The number of ether oxygens (including phenoxy) is 1. The van der Waals surface area contributed by atoms with Crippen LogP contribution in [0.5, 0.6) is 5.88 Å². The van der Waals surface area contributed by atoms with Crippen molar-refractivity contribution in [2.75, 3.05) is 30.5 Å². The van der Waals surface area contributed by atoms with E-state index in [1.54, 1.807) is 11.8 Å². The van der Waals surface area contributed by atoms with Crippen LogP contribution in [-0.2, 0) is 0 Å². The van der Waals surface area contributed by atoms with Crippen LogP contribution in [0.2, 0.25) is 0 Å². The summed E-state index contributed by atoms with van der Waals surface area (Å²) >= 11 is 1.79. The van der Waals surface area contributed by atoms with E-state index in [2.05, 4.69) is 35.4 Å². The molecule has 1 heterocycles. The molecule has 3 N–H and O–H groups in total. The van der Waals surface area contributed by atoms with Crippen LogP contribution in [0.4, 0.5) is 11.5 Å². The highest BCUT2D eigenvalue weighted by atomic mass is 32.2. The average Bonchev–Trinajstić information content (AvgIpc) is 2.36. The van der Waals surface area contributed by atoms with Gasteiger partial charge in [0.25, 0.3) is 0 Å². The third-order valence-corrected chi connectivity index (χ3v) is 3.77. The molecular weight excluding hydrogens is 248 g/mol. The first-order chi connectivity index (χ1) is 8.50. The summed E-state index contributed by atoms with van der Waals surface area (Å²) in [7, 11) is 0. The van der Waals surface area contributed by atoms with Gasteiger partial charge >= 0.3 is 0 Å². The van der Waals surface area contributed by atoms with Crippen LogP contribution >= 0.6 is 11.8 Å². The summed E-state index contributed by atoms with van der Waals surface area (Å²) in [5.41, 5.74) is 6.45. The van der Waals surface area contributed by atoms with Crippen molar-refractivity contribution in [3.05, 3.63) is 6.33 Å². The highest BCUT2D eigenvalue weighted by molar-refractivity contribution is 7.99. The summed E-state index contributed by atoms with van der Waals surface area (Å²) in [6.45, 7) is 7.75. The smallest absolute Gasteiger partial charge is 0.242 e. The summed E-state index contributed by atoms with van der Waals surface area (Å²) in [5, 5.41) is 3.24. The largest absolute Gasteiger partial charge is 0.476 e. The fraction of sp³-hybridized carbons (Fsp3) is 0.667. The number of hydrogen-bond donors (Lipinski definition) is 2. The molecule has 1 rings (SSSR count). The molecule has 0 saturated carbocycles. The molecule has 0 spiro atoms. The van der Waals surface area contributed by atoms with Crippen LogP contribution in [0.3, 0.4) is 0 Å². The Morgan fingerprint density at radius 3 is 2.78 bits per heavy atom. The predicted octanol–water partition coefficient (Wildman–Crippen LogP) is 2.40. The fourth-order valence-electron chi connectivity index (χ4n) is 1.20. The Morgan fingerprint density at radius 2 is 2.17 bits per heavy atom. The van der Waals surface area contributed by atoms with E-state index in [1.165, 1.54) is 6.33 Å². The van der Waals surface area contributed by atoms with E-state index in [0.717, 1.165) is 13.0 Å². The van der Waals surface area contributed by atoms with Crippen molar-refractivity contribution < 1.29 is 4.74 Å². The second kappa shape index (κ2) is 6.68. The van der Waals surface area contributed by atoms with Crippen LogP contribution in [0.15, 0.2) is 6.33 Å². The molecule has 0 bridgehead atoms. The van der Waals surface area contributed by atoms with Crippen molar-refractivity contribution in [3.63, 3.8) is 0 Å². The number of nitrogens with zero attached hydrogens (tertiary/aromatic N) is 2. The molecule has 102 valence electrons. The van der Waals surface area contributed by atoms with E-state index in [-0.39, 0.29) is 4.75 Å². The number of aromatic nitrogens is 2. The Balaban J connectivity index is 2.71. The molecule has 0 aliphatic carbocycles. The third kappa shape index (κ3) is 4.25. The molecule has 0 aliphatic rings. The molecule has 1 aromatic heterocycles. The SMILES string of the molecule is CCCOc1ncnc(NCC(C)(C)SC)c1N. The summed E-state index contributed by atoms with van der Waals surface area (Å²) in [6, 6.07) is 0. The molecule has 0 aromatic carbocycles. The molecule has 0 unspecified atom stereocenters. The lowest BCUT2D eigenvalue weighted by molar-refractivity contribution is 0.306. The normalized spacial score (nSPS) is 11.3. The molecule has 5 nitrogen and oxygen atoms in total. The summed E-state index contributed by atoms with van der Waals surface area (Å²) < 4.78 is 5.59. The molecule has 0 fully saturated rings. The highest BCUT2D eigenvalue weighted by Gasteiger charge is 2.17. The standard InChI is InChI=1S/C12H22N4OS/c1-5-6-17-11-9(13)10(15-8-16-11)14-7-12(2,3)18-4/h8H,5-7,13H2,1-4H3,(H,14,15,16). The van der Waals surface area contributed by atoms with Crippen LogP contribution in [0.25, 0.3) is 0 Å². The summed E-state index contributed by atoms with van der Waals surface area (Å²) in [4.78, 5) is 8.19. The topological polar surface area (TPSA) is 73.1 Å². The van der Waals surface area contributed by atoms with Gasteiger partial charge in [0.05, 0.1) is 6.61 Å². The molecule has 0 aliphatic heterocycles. The molecule has 1 aromatic rings. The van der Waals surface area contributed by atoms with Crippen molar-refractivity contribution >= 4 is 23.3 Å². The van der Waals surface area contributed by atoms with Gasteiger partial charge in [-0.25, -0.2) is 4.98 Å². The van der Waals surface area contributed by atoms with E-state index in [1.807, 2.05) is 6.92 Å². The zero-order valence-corrected chi connectivity index (χ0v) is 12.3. The lowest BCUT2D eigenvalue weighted by atomic mass is 10.2. The Labute approximate surface area is 113 Å². The van der Waals surface area contributed by atoms with Gasteiger partial charge in [0.15, 0.2) is 5.82 Å². The first-order valence-corrected chi connectivity index (χ1v) is 7.25. The number of nitrogens with two attached hydrogens (primary N) is 1. The lowest BCUT2D eigenvalue weighted by Crippen LogP contribution is -2.26. The van der Waals surface area contributed by atoms with E-state index >= 15 is 0 Å². The number of nitrogen functional groups attached to an aromatic ring is 1. The van der Waals surface area contributed by atoms with Gasteiger partial charge in [-0.05, 0) is 26.5 Å². The number of thioether (sulfide) groups is 1. The molecule has 0 atom stereocenters. The van der Waals surface area contributed by atoms with Gasteiger partial charge in [-0.3, -0.25) is 0 Å². The maximum Gasteiger partial charge on any atom is 0.242 e. The van der Waals surface area contributed by atoms with Crippen LogP contribution in [0.1, 0.15) is 27.2 Å². The minimum Gasteiger partial charge on any atom is -0.476 e. The number of hydrogen-bond acceptors (Lipinski definition) is 6. The molecule has 18 heavy (non-hydrogen) atoms. The molecule has 0 amide bonds.